The largest absolute Gasteiger partial charge is 0.350 e. The van der Waals surface area contributed by atoms with E-state index in [-0.39, 0.29) is 45.5 Å². The molecule has 2 amide bonds. The Morgan fingerprint density at radius 2 is 1.55 bits per heavy atom. The molecule has 0 aromatic heterocycles. The molecule has 10 heteroatoms. The van der Waals surface area contributed by atoms with Gasteiger partial charge in [-0.15, -0.1) is 0 Å². The van der Waals surface area contributed by atoms with Crippen LogP contribution in [0.3, 0.4) is 0 Å². The lowest BCUT2D eigenvalue weighted by atomic mass is 10.2. The van der Waals surface area contributed by atoms with Gasteiger partial charge in [-0.05, 0) is 37.1 Å². The van der Waals surface area contributed by atoms with Gasteiger partial charge in [0.25, 0.3) is 11.8 Å². The molecule has 2 aromatic rings. The number of nitrogens with one attached hydrogen (secondary N) is 3. The standard InChI is InChI=1S/C19H19Cl2N3O4S/c20-15-11-16(21)17(29(27,28)24-13-6-7-13)10-14(15)19(26)23-9-8-22-18(25)12-4-2-1-3-5-12/h1-5,10-11,13,24H,6-9H2,(H,22,25)(H,23,26). The number of hydrogen-bond donors (Lipinski definition) is 3. The zero-order valence-corrected chi connectivity index (χ0v) is 17.6. The second-order valence-corrected chi connectivity index (χ2v) is 9.03. The monoisotopic (exact) mass is 455 g/mol. The van der Waals surface area contributed by atoms with Crippen molar-refractivity contribution in [1.29, 1.82) is 0 Å². The van der Waals surface area contributed by atoms with Gasteiger partial charge in [-0.2, -0.15) is 0 Å². The van der Waals surface area contributed by atoms with Crippen LogP contribution in [0, 0.1) is 0 Å². The van der Waals surface area contributed by atoms with Crippen molar-refractivity contribution in [3.05, 3.63) is 63.6 Å². The predicted octanol–water partition coefficient (Wildman–Crippen LogP) is 2.59. The van der Waals surface area contributed by atoms with E-state index in [2.05, 4.69) is 15.4 Å². The van der Waals surface area contributed by atoms with Gasteiger partial charge in [0.2, 0.25) is 10.0 Å². The predicted molar refractivity (Wildman–Crippen MR) is 111 cm³/mol. The fourth-order valence-corrected chi connectivity index (χ4v) is 4.70. The van der Waals surface area contributed by atoms with Gasteiger partial charge in [0, 0.05) is 24.7 Å². The summed E-state index contributed by atoms with van der Waals surface area (Å²) in [7, 11) is -3.85. The highest BCUT2D eigenvalue weighted by Gasteiger charge is 2.30. The van der Waals surface area contributed by atoms with Crippen molar-refractivity contribution in [2.24, 2.45) is 0 Å². The second-order valence-electron chi connectivity index (χ2n) is 6.54. The average molecular weight is 456 g/mol. The van der Waals surface area contributed by atoms with Crippen molar-refractivity contribution in [2.75, 3.05) is 13.1 Å². The third-order valence-electron chi connectivity index (χ3n) is 4.19. The molecule has 29 heavy (non-hydrogen) atoms. The Morgan fingerprint density at radius 1 is 0.931 bits per heavy atom. The third-order valence-corrected chi connectivity index (χ3v) is 6.48. The molecule has 0 radical (unpaired) electrons. The minimum Gasteiger partial charge on any atom is -0.350 e. The quantitative estimate of drug-likeness (QED) is 0.531. The molecule has 0 unspecified atom stereocenters. The Hall–Kier alpha value is -2.13. The fourth-order valence-electron chi connectivity index (χ4n) is 2.53. The van der Waals surface area contributed by atoms with Crippen LogP contribution in [0.4, 0.5) is 0 Å². The lowest BCUT2D eigenvalue weighted by molar-refractivity contribution is 0.0927. The molecular weight excluding hydrogens is 437 g/mol. The highest BCUT2D eigenvalue weighted by Crippen LogP contribution is 2.30. The van der Waals surface area contributed by atoms with Gasteiger partial charge >= 0.3 is 0 Å². The number of amides is 2. The molecule has 1 fully saturated rings. The van der Waals surface area contributed by atoms with E-state index in [1.54, 1.807) is 24.3 Å². The van der Waals surface area contributed by atoms with Gasteiger partial charge in [0.15, 0.2) is 0 Å². The maximum Gasteiger partial charge on any atom is 0.252 e. The van der Waals surface area contributed by atoms with Crippen molar-refractivity contribution in [1.82, 2.24) is 15.4 Å². The fraction of sp³-hybridized carbons (Fsp3) is 0.263. The van der Waals surface area contributed by atoms with E-state index in [1.165, 1.54) is 6.07 Å². The number of sulfonamides is 1. The van der Waals surface area contributed by atoms with Crippen molar-refractivity contribution in [3.63, 3.8) is 0 Å². The zero-order valence-electron chi connectivity index (χ0n) is 15.2. The molecule has 0 saturated heterocycles. The molecule has 3 N–H and O–H groups in total. The highest BCUT2D eigenvalue weighted by molar-refractivity contribution is 7.89. The van der Waals surface area contributed by atoms with Gasteiger partial charge < -0.3 is 10.6 Å². The van der Waals surface area contributed by atoms with Crippen LogP contribution in [-0.2, 0) is 10.0 Å². The highest BCUT2D eigenvalue weighted by atomic mass is 35.5. The van der Waals surface area contributed by atoms with E-state index in [1.807, 2.05) is 6.07 Å². The van der Waals surface area contributed by atoms with Crippen LogP contribution in [0.15, 0.2) is 47.4 Å². The van der Waals surface area contributed by atoms with E-state index in [9.17, 15) is 18.0 Å². The number of halogens is 2. The first-order valence-corrected chi connectivity index (χ1v) is 11.1. The van der Waals surface area contributed by atoms with Gasteiger partial charge in [0.1, 0.15) is 4.90 Å². The Bertz CT molecular complexity index is 1030. The minimum absolute atomic E-state index is 0.0124. The molecule has 3 rings (SSSR count). The Kier molecular flexibility index (Phi) is 6.79. The second kappa shape index (κ2) is 9.13. The van der Waals surface area contributed by atoms with Crippen LogP contribution in [0.1, 0.15) is 33.6 Å². The van der Waals surface area contributed by atoms with Gasteiger partial charge in [-0.1, -0.05) is 41.4 Å². The minimum atomic E-state index is -3.85. The topological polar surface area (TPSA) is 104 Å². The summed E-state index contributed by atoms with van der Waals surface area (Å²) in [5.41, 5.74) is 0.499. The molecule has 1 saturated carbocycles. The molecule has 154 valence electrons. The maximum absolute atomic E-state index is 12.4. The van der Waals surface area contributed by atoms with E-state index in [0.717, 1.165) is 18.9 Å². The number of carbonyl (C=O) groups is 2. The molecular formula is C19H19Cl2N3O4S. The molecule has 7 nitrogen and oxygen atoms in total. The van der Waals surface area contributed by atoms with E-state index < -0.39 is 15.9 Å². The summed E-state index contributed by atoms with van der Waals surface area (Å²) in [5, 5.41) is 5.25. The van der Waals surface area contributed by atoms with Crippen molar-refractivity contribution < 1.29 is 18.0 Å². The maximum atomic E-state index is 12.4. The average Bonchev–Trinajstić information content (AvgIpc) is 3.48. The van der Waals surface area contributed by atoms with Crippen LogP contribution < -0.4 is 15.4 Å². The first-order valence-electron chi connectivity index (χ1n) is 8.91. The summed E-state index contributed by atoms with van der Waals surface area (Å²) in [6.45, 7) is 0.331. The molecule has 0 atom stereocenters. The molecule has 0 bridgehead atoms. The van der Waals surface area contributed by atoms with Gasteiger partial charge in [0.05, 0.1) is 15.6 Å². The summed E-state index contributed by atoms with van der Waals surface area (Å²) < 4.78 is 27.4. The van der Waals surface area contributed by atoms with Crippen LogP contribution in [0.5, 0.6) is 0 Å². The third kappa shape index (κ3) is 5.70. The zero-order chi connectivity index (χ0) is 21.0. The van der Waals surface area contributed by atoms with Crippen molar-refractivity contribution in [3.8, 4) is 0 Å². The number of hydrogen-bond acceptors (Lipinski definition) is 4. The van der Waals surface area contributed by atoms with Crippen LogP contribution >= 0.6 is 23.2 Å². The molecule has 1 aliphatic rings. The summed E-state index contributed by atoms with van der Waals surface area (Å²) in [4.78, 5) is 24.2. The molecule has 0 aliphatic heterocycles. The van der Waals surface area contributed by atoms with Crippen LogP contribution in [0.2, 0.25) is 10.0 Å². The van der Waals surface area contributed by atoms with Crippen molar-refractivity contribution >= 4 is 45.0 Å². The SMILES string of the molecule is O=C(NCCNC(=O)c1cc(S(=O)(=O)NC2CC2)c(Cl)cc1Cl)c1ccccc1. The molecule has 0 spiro atoms. The van der Waals surface area contributed by atoms with E-state index in [4.69, 9.17) is 23.2 Å². The molecule has 0 heterocycles. The Balaban J connectivity index is 1.61. The summed E-state index contributed by atoms with van der Waals surface area (Å²) in [5.74, 6) is -0.826. The summed E-state index contributed by atoms with van der Waals surface area (Å²) in [6.07, 6.45) is 1.54. The smallest absolute Gasteiger partial charge is 0.252 e. The number of benzene rings is 2. The first kappa shape index (κ1) is 21.6. The normalized spacial score (nSPS) is 13.7. The lowest BCUT2D eigenvalue weighted by Crippen LogP contribution is -2.35. The summed E-state index contributed by atoms with van der Waals surface area (Å²) in [6, 6.07) is 11.0. The molecule has 1 aliphatic carbocycles. The van der Waals surface area contributed by atoms with E-state index >= 15 is 0 Å². The molecule has 2 aromatic carbocycles. The van der Waals surface area contributed by atoms with Crippen LogP contribution in [0.25, 0.3) is 0 Å². The number of rotatable bonds is 8. The summed E-state index contributed by atoms with van der Waals surface area (Å²) >= 11 is 12.1. The van der Waals surface area contributed by atoms with Crippen LogP contribution in [-0.4, -0.2) is 39.4 Å². The van der Waals surface area contributed by atoms with Gasteiger partial charge in [-0.3, -0.25) is 9.59 Å². The van der Waals surface area contributed by atoms with Crippen molar-refractivity contribution in [2.45, 2.75) is 23.8 Å². The number of carbonyl (C=O) groups excluding carboxylic acids is 2. The Morgan fingerprint density at radius 3 is 2.17 bits per heavy atom. The lowest BCUT2D eigenvalue weighted by Gasteiger charge is -2.12. The van der Waals surface area contributed by atoms with Gasteiger partial charge in [-0.25, -0.2) is 13.1 Å². The Labute approximate surface area is 178 Å². The van der Waals surface area contributed by atoms with E-state index in [0.29, 0.717) is 5.56 Å². The first-order chi connectivity index (χ1) is 13.8.